The molecular formula is C22H27ClN2O4. The second-order valence-electron chi connectivity index (χ2n) is 7.52. The topological polar surface area (TPSA) is 79.5 Å². The van der Waals surface area contributed by atoms with Gasteiger partial charge in [0.1, 0.15) is 5.69 Å². The number of ketones is 1. The number of rotatable bonds is 7. The fourth-order valence-electron chi connectivity index (χ4n) is 3.34. The zero-order valence-corrected chi connectivity index (χ0v) is 18.4. The normalized spacial score (nSPS) is 12.0. The molecule has 1 N–H and O–H groups in total. The van der Waals surface area contributed by atoms with Gasteiger partial charge >= 0.3 is 5.97 Å². The number of H-pyrrole nitrogens is 1. The van der Waals surface area contributed by atoms with E-state index in [1.807, 2.05) is 13.8 Å². The Morgan fingerprint density at radius 2 is 1.69 bits per heavy atom. The fourth-order valence-corrected chi connectivity index (χ4v) is 3.47. The van der Waals surface area contributed by atoms with Gasteiger partial charge in [-0.1, -0.05) is 25.4 Å². The second-order valence-corrected chi connectivity index (χ2v) is 7.95. The summed E-state index contributed by atoms with van der Waals surface area (Å²) in [6, 6.07) is 5.89. The highest BCUT2D eigenvalue weighted by atomic mass is 35.5. The Labute approximate surface area is 176 Å². The Bertz CT molecular complexity index is 916. The van der Waals surface area contributed by atoms with Crippen LogP contribution in [0.4, 0.5) is 0 Å². The number of carbonyl (C=O) groups excluding carboxylic acids is 3. The van der Waals surface area contributed by atoms with Crippen molar-refractivity contribution in [2.24, 2.45) is 5.92 Å². The second kappa shape index (κ2) is 9.27. The van der Waals surface area contributed by atoms with Crippen LogP contribution in [-0.2, 0) is 4.74 Å². The lowest BCUT2D eigenvalue weighted by molar-refractivity contribution is 0.0591. The van der Waals surface area contributed by atoms with Crippen molar-refractivity contribution in [3.8, 4) is 0 Å². The average molecular weight is 419 g/mol. The molecule has 0 bridgehead atoms. The number of benzene rings is 1. The Kier molecular flexibility index (Phi) is 7.25. The predicted octanol–water partition coefficient (Wildman–Crippen LogP) is 4.44. The smallest absolute Gasteiger partial charge is 0.354 e. The van der Waals surface area contributed by atoms with Crippen LogP contribution < -0.4 is 0 Å². The molecule has 0 radical (unpaired) electrons. The lowest BCUT2D eigenvalue weighted by Crippen LogP contribution is -2.45. The van der Waals surface area contributed by atoms with Crippen LogP contribution in [0.15, 0.2) is 24.3 Å². The first-order chi connectivity index (χ1) is 13.6. The summed E-state index contributed by atoms with van der Waals surface area (Å²) < 4.78 is 4.77. The van der Waals surface area contributed by atoms with Crippen LogP contribution in [0.5, 0.6) is 0 Å². The van der Waals surface area contributed by atoms with Crippen molar-refractivity contribution in [3.63, 3.8) is 0 Å². The van der Waals surface area contributed by atoms with Gasteiger partial charge in [0.05, 0.1) is 13.2 Å². The van der Waals surface area contributed by atoms with E-state index in [0.717, 1.165) is 0 Å². The lowest BCUT2D eigenvalue weighted by atomic mass is 9.98. The molecule has 156 valence electrons. The van der Waals surface area contributed by atoms with Crippen LogP contribution in [0.25, 0.3) is 0 Å². The summed E-state index contributed by atoms with van der Waals surface area (Å²) in [5.74, 6) is -0.834. The highest BCUT2D eigenvalue weighted by Crippen LogP contribution is 2.23. The summed E-state index contributed by atoms with van der Waals surface area (Å²) in [7, 11) is 1.29. The number of halogens is 1. The molecule has 2 aromatic rings. The number of carbonyl (C=O) groups is 3. The number of esters is 1. The molecule has 0 aliphatic heterocycles. The maximum absolute atomic E-state index is 13.3. The Morgan fingerprint density at radius 3 is 2.21 bits per heavy atom. The van der Waals surface area contributed by atoms with Crippen molar-refractivity contribution in [1.82, 2.24) is 9.88 Å². The number of Topliss-reactive ketones (excluding diaryl/α,β-unsaturated/α-hetero) is 1. The third-order valence-electron chi connectivity index (χ3n) is 4.83. The van der Waals surface area contributed by atoms with Crippen LogP contribution in [0.1, 0.15) is 63.2 Å². The van der Waals surface area contributed by atoms with E-state index in [4.69, 9.17) is 16.3 Å². The SMILES string of the molecule is COC(=O)c1[nH]c(C)c(C(=O)C(C)N(CC(C)C)C(=O)c2ccc(Cl)cc2)c1C. The Hall–Kier alpha value is -2.60. The first-order valence-electron chi connectivity index (χ1n) is 9.46. The van der Waals surface area contributed by atoms with Gasteiger partial charge in [-0.3, -0.25) is 9.59 Å². The van der Waals surface area contributed by atoms with E-state index in [9.17, 15) is 14.4 Å². The molecule has 0 saturated heterocycles. The summed E-state index contributed by atoms with van der Waals surface area (Å²) in [6.07, 6.45) is 0. The van der Waals surface area contributed by atoms with E-state index in [1.54, 1.807) is 49.9 Å². The number of methoxy groups -OCH3 is 1. The highest BCUT2D eigenvalue weighted by molar-refractivity contribution is 6.30. The van der Waals surface area contributed by atoms with Gasteiger partial charge in [0, 0.05) is 28.4 Å². The zero-order valence-electron chi connectivity index (χ0n) is 17.6. The number of hydrogen-bond donors (Lipinski definition) is 1. The summed E-state index contributed by atoms with van der Waals surface area (Å²) in [6.45, 7) is 9.53. The molecule has 0 aliphatic rings. The molecule has 1 atom stereocenters. The number of aromatic nitrogens is 1. The van der Waals surface area contributed by atoms with Crippen LogP contribution in [0.3, 0.4) is 0 Å². The van der Waals surface area contributed by atoms with E-state index in [0.29, 0.717) is 34.0 Å². The van der Waals surface area contributed by atoms with Gasteiger partial charge in [-0.15, -0.1) is 0 Å². The van der Waals surface area contributed by atoms with Crippen molar-refractivity contribution >= 4 is 29.3 Å². The molecular weight excluding hydrogens is 392 g/mol. The van der Waals surface area contributed by atoms with Crippen LogP contribution >= 0.6 is 11.6 Å². The molecule has 0 fully saturated rings. The number of nitrogens with zero attached hydrogens (tertiary/aromatic N) is 1. The molecule has 0 aliphatic carbocycles. The first kappa shape index (κ1) is 22.7. The molecule has 2 rings (SSSR count). The largest absolute Gasteiger partial charge is 0.464 e. The van der Waals surface area contributed by atoms with Gasteiger partial charge in [0.25, 0.3) is 5.91 Å². The van der Waals surface area contributed by atoms with Crippen molar-refractivity contribution in [2.75, 3.05) is 13.7 Å². The summed E-state index contributed by atoms with van der Waals surface area (Å²) in [5, 5.41) is 0.537. The molecule has 6 nitrogen and oxygen atoms in total. The predicted molar refractivity (Wildman–Crippen MR) is 113 cm³/mol. The standard InChI is InChI=1S/C22H27ClN2O4/c1-12(2)11-25(21(27)16-7-9-17(23)10-8-16)15(5)20(26)18-13(3)19(22(28)29-6)24-14(18)4/h7-10,12,15,24H,11H2,1-6H3. The molecule has 1 amide bonds. The minimum absolute atomic E-state index is 0.167. The number of aromatic amines is 1. The van der Waals surface area contributed by atoms with E-state index >= 15 is 0 Å². The third-order valence-corrected chi connectivity index (χ3v) is 5.09. The summed E-state index contributed by atoms with van der Waals surface area (Å²) in [5.41, 5.74) is 2.22. The number of ether oxygens (including phenoxy) is 1. The molecule has 1 unspecified atom stereocenters. The van der Waals surface area contributed by atoms with Gasteiger partial charge in [0.2, 0.25) is 0 Å². The van der Waals surface area contributed by atoms with Crippen molar-refractivity contribution < 1.29 is 19.1 Å². The van der Waals surface area contributed by atoms with Gasteiger partial charge in [-0.05, 0) is 56.5 Å². The van der Waals surface area contributed by atoms with Gasteiger partial charge < -0.3 is 14.6 Å². The molecule has 1 aromatic heterocycles. The summed E-state index contributed by atoms with van der Waals surface area (Å²) >= 11 is 5.93. The van der Waals surface area contributed by atoms with Crippen molar-refractivity contribution in [1.29, 1.82) is 0 Å². The number of hydrogen-bond acceptors (Lipinski definition) is 4. The number of amides is 1. The monoisotopic (exact) mass is 418 g/mol. The minimum Gasteiger partial charge on any atom is -0.464 e. The van der Waals surface area contributed by atoms with Gasteiger partial charge in [-0.2, -0.15) is 0 Å². The van der Waals surface area contributed by atoms with Crippen LogP contribution in [0.2, 0.25) is 5.02 Å². The van der Waals surface area contributed by atoms with E-state index < -0.39 is 12.0 Å². The molecule has 7 heteroatoms. The average Bonchev–Trinajstić information content (AvgIpc) is 2.98. The quantitative estimate of drug-likeness (QED) is 0.532. The van der Waals surface area contributed by atoms with Gasteiger partial charge in [-0.25, -0.2) is 4.79 Å². The van der Waals surface area contributed by atoms with Gasteiger partial charge in [0.15, 0.2) is 5.78 Å². The van der Waals surface area contributed by atoms with E-state index in [-0.39, 0.29) is 23.3 Å². The third kappa shape index (κ3) is 4.88. The maximum Gasteiger partial charge on any atom is 0.354 e. The maximum atomic E-state index is 13.3. The molecule has 1 aromatic carbocycles. The van der Waals surface area contributed by atoms with E-state index in [2.05, 4.69) is 4.98 Å². The molecule has 1 heterocycles. The summed E-state index contributed by atoms with van der Waals surface area (Å²) in [4.78, 5) is 42.9. The molecule has 0 spiro atoms. The van der Waals surface area contributed by atoms with Crippen LogP contribution in [-0.4, -0.2) is 47.2 Å². The minimum atomic E-state index is -0.709. The number of nitrogens with one attached hydrogen (secondary N) is 1. The first-order valence-corrected chi connectivity index (χ1v) is 9.84. The Morgan fingerprint density at radius 1 is 1.10 bits per heavy atom. The fraction of sp³-hybridized carbons (Fsp3) is 0.409. The zero-order chi connectivity index (χ0) is 21.9. The lowest BCUT2D eigenvalue weighted by Gasteiger charge is -2.30. The van der Waals surface area contributed by atoms with Crippen LogP contribution in [0, 0.1) is 19.8 Å². The van der Waals surface area contributed by atoms with Crippen molar-refractivity contribution in [3.05, 3.63) is 57.4 Å². The van der Waals surface area contributed by atoms with Crippen molar-refractivity contribution in [2.45, 2.75) is 40.7 Å². The van der Waals surface area contributed by atoms with E-state index in [1.165, 1.54) is 7.11 Å². The number of aryl methyl sites for hydroxylation is 1. The highest BCUT2D eigenvalue weighted by Gasteiger charge is 2.32. The molecule has 29 heavy (non-hydrogen) atoms. The molecule has 0 saturated carbocycles. The Balaban J connectivity index is 2.41.